The minimum atomic E-state index is -0.895. The Morgan fingerprint density at radius 3 is 3.00 bits per heavy atom. The quantitative estimate of drug-likeness (QED) is 0.857. The van der Waals surface area contributed by atoms with Gasteiger partial charge in [0.2, 0.25) is 0 Å². The molecule has 0 saturated carbocycles. The first-order valence-electron chi connectivity index (χ1n) is 7.37. The SMILES string of the molecule is C[S@](=O)Cc1cccc(C(=O)N2CCC[C@H]2c2ccsc2)c1. The van der Waals surface area contributed by atoms with Crippen LogP contribution in [0.2, 0.25) is 0 Å². The van der Waals surface area contributed by atoms with Crippen molar-refractivity contribution in [1.82, 2.24) is 4.90 Å². The van der Waals surface area contributed by atoms with Gasteiger partial charge in [-0.3, -0.25) is 9.00 Å². The molecule has 0 unspecified atom stereocenters. The topological polar surface area (TPSA) is 37.4 Å². The molecule has 5 heteroatoms. The van der Waals surface area contributed by atoms with Gasteiger partial charge in [0.1, 0.15) is 0 Å². The van der Waals surface area contributed by atoms with E-state index < -0.39 is 10.8 Å². The van der Waals surface area contributed by atoms with Crippen LogP contribution in [0.1, 0.15) is 40.4 Å². The van der Waals surface area contributed by atoms with Crippen LogP contribution in [-0.2, 0) is 16.6 Å². The molecule has 2 heterocycles. The van der Waals surface area contributed by atoms with Crippen LogP contribution >= 0.6 is 11.3 Å². The Balaban J connectivity index is 1.82. The molecule has 0 N–H and O–H groups in total. The van der Waals surface area contributed by atoms with E-state index in [1.165, 1.54) is 5.56 Å². The first-order chi connectivity index (χ1) is 10.6. The maximum absolute atomic E-state index is 12.8. The fourth-order valence-electron chi connectivity index (χ4n) is 3.02. The molecule has 0 spiro atoms. The van der Waals surface area contributed by atoms with Crippen molar-refractivity contribution in [1.29, 1.82) is 0 Å². The number of hydrogen-bond donors (Lipinski definition) is 0. The van der Waals surface area contributed by atoms with Gasteiger partial charge in [-0.05, 0) is 52.9 Å². The summed E-state index contributed by atoms with van der Waals surface area (Å²) >= 11 is 1.67. The monoisotopic (exact) mass is 333 g/mol. The summed E-state index contributed by atoms with van der Waals surface area (Å²) in [6.07, 6.45) is 3.76. The molecule has 1 aliphatic heterocycles. The summed E-state index contributed by atoms with van der Waals surface area (Å²) in [6, 6.07) is 9.85. The third-order valence-electron chi connectivity index (χ3n) is 3.99. The summed E-state index contributed by atoms with van der Waals surface area (Å²) in [7, 11) is -0.895. The fraction of sp³-hybridized carbons (Fsp3) is 0.353. The summed E-state index contributed by atoms with van der Waals surface area (Å²) in [4.78, 5) is 14.8. The maximum Gasteiger partial charge on any atom is 0.254 e. The predicted molar refractivity (Wildman–Crippen MR) is 91.5 cm³/mol. The van der Waals surface area contributed by atoms with E-state index >= 15 is 0 Å². The largest absolute Gasteiger partial charge is 0.332 e. The Hall–Kier alpha value is -1.46. The number of nitrogens with zero attached hydrogens (tertiary/aromatic N) is 1. The van der Waals surface area contributed by atoms with Gasteiger partial charge in [-0.25, -0.2) is 0 Å². The highest BCUT2D eigenvalue weighted by Gasteiger charge is 2.30. The molecule has 116 valence electrons. The number of rotatable bonds is 4. The second-order valence-electron chi connectivity index (χ2n) is 5.63. The van der Waals surface area contributed by atoms with Crippen LogP contribution in [0.25, 0.3) is 0 Å². The van der Waals surface area contributed by atoms with Gasteiger partial charge in [0.05, 0.1) is 6.04 Å². The second kappa shape index (κ2) is 6.75. The molecular formula is C17H19NO2S2. The standard InChI is InChI=1S/C17H19NO2S2/c1-22(20)12-13-4-2-5-14(10-13)17(19)18-8-3-6-16(18)15-7-9-21-11-15/h2,4-5,7,9-11,16H,3,6,8,12H2,1H3/t16-,22-/m0/s1. The highest BCUT2D eigenvalue weighted by molar-refractivity contribution is 7.83. The Morgan fingerprint density at radius 2 is 2.27 bits per heavy atom. The van der Waals surface area contributed by atoms with Gasteiger partial charge < -0.3 is 4.90 Å². The lowest BCUT2D eigenvalue weighted by Gasteiger charge is -2.24. The molecule has 1 fully saturated rings. The second-order valence-corrected chi connectivity index (χ2v) is 7.85. The number of hydrogen-bond acceptors (Lipinski definition) is 3. The van der Waals surface area contributed by atoms with E-state index in [4.69, 9.17) is 0 Å². The lowest BCUT2D eigenvalue weighted by Crippen LogP contribution is -2.30. The zero-order chi connectivity index (χ0) is 15.5. The van der Waals surface area contributed by atoms with E-state index in [-0.39, 0.29) is 11.9 Å². The van der Waals surface area contributed by atoms with Crippen LogP contribution < -0.4 is 0 Å². The number of amides is 1. The van der Waals surface area contributed by atoms with Gasteiger partial charge in [-0.1, -0.05) is 12.1 Å². The number of likely N-dealkylation sites (tertiary alicyclic amines) is 1. The van der Waals surface area contributed by atoms with E-state index in [1.54, 1.807) is 17.6 Å². The number of benzene rings is 1. The molecule has 1 aliphatic rings. The Kier molecular flexibility index (Phi) is 4.74. The van der Waals surface area contributed by atoms with Crippen molar-refractivity contribution >= 4 is 28.0 Å². The first kappa shape index (κ1) is 15.4. The molecule has 1 saturated heterocycles. The molecule has 0 aliphatic carbocycles. The fourth-order valence-corrected chi connectivity index (χ4v) is 4.37. The third-order valence-corrected chi connectivity index (χ3v) is 5.43. The van der Waals surface area contributed by atoms with Crippen molar-refractivity contribution in [2.75, 3.05) is 12.8 Å². The third kappa shape index (κ3) is 3.31. The molecule has 0 radical (unpaired) electrons. The summed E-state index contributed by atoms with van der Waals surface area (Å²) in [6.45, 7) is 0.809. The molecule has 3 rings (SSSR count). The van der Waals surface area contributed by atoms with E-state index in [9.17, 15) is 9.00 Å². The van der Waals surface area contributed by atoms with Crippen LogP contribution in [0.3, 0.4) is 0 Å². The Labute approximate surface area is 137 Å². The lowest BCUT2D eigenvalue weighted by molar-refractivity contribution is 0.0736. The van der Waals surface area contributed by atoms with Crippen molar-refractivity contribution < 1.29 is 9.00 Å². The van der Waals surface area contributed by atoms with Gasteiger partial charge in [0.15, 0.2) is 0 Å². The van der Waals surface area contributed by atoms with Crippen molar-refractivity contribution in [3.8, 4) is 0 Å². The molecular weight excluding hydrogens is 314 g/mol. The molecule has 2 aromatic rings. The van der Waals surface area contributed by atoms with E-state index in [0.717, 1.165) is 24.9 Å². The van der Waals surface area contributed by atoms with E-state index in [2.05, 4.69) is 16.8 Å². The Bertz CT molecular complexity index is 682. The van der Waals surface area contributed by atoms with Crippen LogP contribution in [0.4, 0.5) is 0 Å². The highest BCUT2D eigenvalue weighted by Crippen LogP contribution is 2.34. The van der Waals surface area contributed by atoms with Gasteiger partial charge in [-0.15, -0.1) is 0 Å². The van der Waals surface area contributed by atoms with Crippen molar-refractivity contribution in [2.45, 2.75) is 24.6 Å². The molecule has 2 atom stereocenters. The average Bonchev–Trinajstić information content (AvgIpc) is 3.16. The number of thiophene rings is 1. The first-order valence-corrected chi connectivity index (χ1v) is 10.0. The summed E-state index contributed by atoms with van der Waals surface area (Å²) in [5, 5.41) is 4.19. The van der Waals surface area contributed by atoms with Crippen molar-refractivity contribution in [3.63, 3.8) is 0 Å². The average molecular weight is 333 g/mol. The maximum atomic E-state index is 12.8. The number of carbonyl (C=O) groups excluding carboxylic acids is 1. The molecule has 3 nitrogen and oxygen atoms in total. The van der Waals surface area contributed by atoms with Gasteiger partial charge >= 0.3 is 0 Å². The highest BCUT2D eigenvalue weighted by atomic mass is 32.2. The van der Waals surface area contributed by atoms with E-state index in [0.29, 0.717) is 11.3 Å². The van der Waals surface area contributed by atoms with Crippen LogP contribution in [0.15, 0.2) is 41.1 Å². The summed E-state index contributed by atoms with van der Waals surface area (Å²) < 4.78 is 11.4. The normalized spacial score (nSPS) is 19.3. The minimum Gasteiger partial charge on any atom is -0.332 e. The molecule has 1 amide bonds. The van der Waals surface area contributed by atoms with Crippen LogP contribution in [-0.4, -0.2) is 27.8 Å². The van der Waals surface area contributed by atoms with Gasteiger partial charge in [0, 0.05) is 34.9 Å². The van der Waals surface area contributed by atoms with Crippen molar-refractivity contribution in [2.24, 2.45) is 0 Å². The number of carbonyl (C=O) groups is 1. The van der Waals surface area contributed by atoms with Crippen LogP contribution in [0.5, 0.6) is 0 Å². The Morgan fingerprint density at radius 1 is 1.41 bits per heavy atom. The molecule has 1 aromatic heterocycles. The van der Waals surface area contributed by atoms with E-state index in [1.807, 2.05) is 29.2 Å². The lowest BCUT2D eigenvalue weighted by atomic mass is 10.1. The van der Waals surface area contributed by atoms with Gasteiger partial charge in [-0.2, -0.15) is 11.3 Å². The van der Waals surface area contributed by atoms with Gasteiger partial charge in [0.25, 0.3) is 5.91 Å². The minimum absolute atomic E-state index is 0.0810. The molecule has 1 aromatic carbocycles. The summed E-state index contributed by atoms with van der Waals surface area (Å²) in [5.74, 6) is 0.576. The van der Waals surface area contributed by atoms with Crippen molar-refractivity contribution in [3.05, 3.63) is 57.8 Å². The zero-order valence-corrected chi connectivity index (χ0v) is 14.2. The predicted octanol–water partition coefficient (Wildman–Crippen LogP) is 3.60. The smallest absolute Gasteiger partial charge is 0.254 e. The van der Waals surface area contributed by atoms with Crippen LogP contribution in [0, 0.1) is 0 Å². The molecule has 22 heavy (non-hydrogen) atoms. The zero-order valence-electron chi connectivity index (χ0n) is 12.5. The molecule has 0 bridgehead atoms. The summed E-state index contributed by atoms with van der Waals surface area (Å²) in [5.41, 5.74) is 2.89.